The number of aromatic nitrogens is 1. The maximum Gasteiger partial charge on any atom is 0.271 e. The summed E-state index contributed by atoms with van der Waals surface area (Å²) in [5, 5.41) is 2.96. The van der Waals surface area contributed by atoms with Gasteiger partial charge in [-0.2, -0.15) is 0 Å². The van der Waals surface area contributed by atoms with Gasteiger partial charge in [0, 0.05) is 18.2 Å². The van der Waals surface area contributed by atoms with E-state index in [2.05, 4.69) is 10.3 Å². The molecule has 1 aliphatic heterocycles. The Morgan fingerprint density at radius 2 is 2.27 bits per heavy atom. The number of carbonyl (C=O) groups is 1. The second kappa shape index (κ2) is 8.33. The van der Waals surface area contributed by atoms with Gasteiger partial charge >= 0.3 is 0 Å². The Balaban J connectivity index is 1.66. The molecule has 0 saturated carbocycles. The van der Waals surface area contributed by atoms with Crippen molar-refractivity contribution in [3.05, 3.63) is 51.9 Å². The van der Waals surface area contributed by atoms with Crippen molar-refractivity contribution in [2.75, 3.05) is 19.9 Å². The molecule has 1 aromatic heterocycles. The lowest BCUT2D eigenvalue weighted by Gasteiger charge is -2.21. The molecular weight excluding hydrogens is 363 g/mol. The van der Waals surface area contributed by atoms with Crippen LogP contribution < -0.4 is 14.8 Å². The zero-order valence-corrected chi connectivity index (χ0v) is 14.9. The van der Waals surface area contributed by atoms with E-state index in [-0.39, 0.29) is 29.9 Å². The molecule has 0 radical (unpaired) electrons. The van der Waals surface area contributed by atoms with Crippen molar-refractivity contribution >= 4 is 17.5 Å². The van der Waals surface area contributed by atoms with E-state index in [1.165, 1.54) is 12.1 Å². The number of fused-ring (bicyclic) bond motifs is 1. The van der Waals surface area contributed by atoms with Crippen LogP contribution in [0.4, 0.5) is 4.39 Å². The van der Waals surface area contributed by atoms with Gasteiger partial charge in [0.05, 0.1) is 18.2 Å². The maximum atomic E-state index is 13.7. The fourth-order valence-corrected chi connectivity index (χ4v) is 2.84. The molecule has 138 valence electrons. The van der Waals surface area contributed by atoms with E-state index in [0.717, 1.165) is 0 Å². The Kier molecular flexibility index (Phi) is 5.90. The summed E-state index contributed by atoms with van der Waals surface area (Å²) in [7, 11) is 0. The quantitative estimate of drug-likeness (QED) is 0.833. The van der Waals surface area contributed by atoms with Crippen LogP contribution in [0, 0.1) is 5.82 Å². The average Bonchev–Trinajstić information content (AvgIpc) is 2.63. The number of carbonyl (C=O) groups excluding carboxylic acids is 1. The highest BCUT2D eigenvalue weighted by atomic mass is 35.5. The first-order chi connectivity index (χ1) is 12.6. The molecule has 26 heavy (non-hydrogen) atoms. The molecule has 1 amide bonds. The number of ether oxygens (including phenoxy) is 3. The lowest BCUT2D eigenvalue weighted by atomic mass is 10.1. The molecular formula is C18H18ClFN2O4. The van der Waals surface area contributed by atoms with E-state index in [1.807, 2.05) is 6.92 Å². The second-order valence-corrected chi connectivity index (χ2v) is 5.99. The Morgan fingerprint density at radius 3 is 3.08 bits per heavy atom. The van der Waals surface area contributed by atoms with Crippen LogP contribution >= 0.6 is 11.6 Å². The van der Waals surface area contributed by atoms with Crippen LogP contribution in [0.5, 0.6) is 11.6 Å². The molecule has 0 fully saturated rings. The van der Waals surface area contributed by atoms with Crippen molar-refractivity contribution in [3.8, 4) is 11.6 Å². The molecule has 3 rings (SSSR count). The minimum absolute atomic E-state index is 0.0866. The number of nitrogens with zero attached hydrogens (tertiary/aromatic N) is 1. The van der Waals surface area contributed by atoms with Crippen LogP contribution in [0.15, 0.2) is 24.3 Å². The monoisotopic (exact) mass is 380 g/mol. The summed E-state index contributed by atoms with van der Waals surface area (Å²) in [5.74, 6) is 0.149. The number of pyridine rings is 1. The standard InChI is InChI=1S/C18H18ClFN2O4/c1-2-25-15-4-3-14(19)16(22-15)18(23)21-6-5-11-7-13(20)8-12-9-24-10-26-17(11)12/h3-4,7-8H,2,5-6,9-10H2,1H3,(H,21,23). The number of benzene rings is 1. The maximum absolute atomic E-state index is 13.7. The van der Waals surface area contributed by atoms with E-state index in [1.54, 1.807) is 12.1 Å². The Labute approximate surface area is 155 Å². The van der Waals surface area contributed by atoms with Crippen molar-refractivity contribution < 1.29 is 23.4 Å². The molecule has 1 aromatic carbocycles. The number of rotatable bonds is 6. The zero-order valence-electron chi connectivity index (χ0n) is 14.2. The SMILES string of the molecule is CCOc1ccc(Cl)c(C(=O)NCCc2cc(F)cc3c2OCOC3)n1. The minimum Gasteiger partial charge on any atom is -0.478 e. The molecule has 2 heterocycles. The fourth-order valence-electron chi connectivity index (χ4n) is 2.65. The number of halogens is 2. The fraction of sp³-hybridized carbons (Fsp3) is 0.333. The predicted octanol–water partition coefficient (Wildman–Crippen LogP) is 3.11. The lowest BCUT2D eigenvalue weighted by molar-refractivity contribution is -0.0172. The normalized spacial score (nSPS) is 12.9. The molecule has 0 unspecified atom stereocenters. The third kappa shape index (κ3) is 4.23. The van der Waals surface area contributed by atoms with Crippen LogP contribution in [-0.4, -0.2) is 30.8 Å². The van der Waals surface area contributed by atoms with Crippen molar-refractivity contribution in [1.82, 2.24) is 10.3 Å². The third-order valence-corrected chi connectivity index (χ3v) is 4.06. The van der Waals surface area contributed by atoms with Gasteiger partial charge in [0.25, 0.3) is 5.91 Å². The minimum atomic E-state index is -0.425. The van der Waals surface area contributed by atoms with Gasteiger partial charge in [-0.25, -0.2) is 9.37 Å². The summed E-state index contributed by atoms with van der Waals surface area (Å²) in [6.07, 6.45) is 0.397. The summed E-state index contributed by atoms with van der Waals surface area (Å²) in [4.78, 5) is 16.4. The summed E-state index contributed by atoms with van der Waals surface area (Å²) < 4.78 is 29.6. The third-order valence-electron chi connectivity index (χ3n) is 3.76. The van der Waals surface area contributed by atoms with Crippen molar-refractivity contribution in [1.29, 1.82) is 0 Å². The molecule has 0 saturated heterocycles. The zero-order chi connectivity index (χ0) is 18.5. The van der Waals surface area contributed by atoms with Crippen molar-refractivity contribution in [2.24, 2.45) is 0 Å². The Morgan fingerprint density at radius 1 is 1.42 bits per heavy atom. The first kappa shape index (κ1) is 18.4. The largest absolute Gasteiger partial charge is 0.478 e. The van der Waals surface area contributed by atoms with E-state index < -0.39 is 5.91 Å². The highest BCUT2D eigenvalue weighted by Crippen LogP contribution is 2.29. The van der Waals surface area contributed by atoms with Crippen molar-refractivity contribution in [3.63, 3.8) is 0 Å². The van der Waals surface area contributed by atoms with Crippen LogP contribution in [0.2, 0.25) is 5.02 Å². The smallest absolute Gasteiger partial charge is 0.271 e. The van der Waals surface area contributed by atoms with Gasteiger partial charge in [0.1, 0.15) is 11.6 Å². The predicted molar refractivity (Wildman–Crippen MR) is 93.1 cm³/mol. The molecule has 8 heteroatoms. The van der Waals surface area contributed by atoms with E-state index in [4.69, 9.17) is 25.8 Å². The molecule has 1 N–H and O–H groups in total. The highest BCUT2D eigenvalue weighted by Gasteiger charge is 2.18. The summed E-state index contributed by atoms with van der Waals surface area (Å²) in [6.45, 7) is 2.96. The van der Waals surface area contributed by atoms with Crippen LogP contribution in [-0.2, 0) is 17.8 Å². The van der Waals surface area contributed by atoms with Crippen molar-refractivity contribution in [2.45, 2.75) is 20.0 Å². The van der Waals surface area contributed by atoms with E-state index in [0.29, 0.717) is 42.4 Å². The first-order valence-electron chi connectivity index (χ1n) is 8.18. The van der Waals surface area contributed by atoms with E-state index >= 15 is 0 Å². The van der Waals surface area contributed by atoms with Gasteiger partial charge in [0.15, 0.2) is 12.5 Å². The van der Waals surface area contributed by atoms with Crippen LogP contribution in [0.25, 0.3) is 0 Å². The topological polar surface area (TPSA) is 69.7 Å². The number of amides is 1. The Bertz CT molecular complexity index is 816. The first-order valence-corrected chi connectivity index (χ1v) is 8.55. The van der Waals surface area contributed by atoms with Crippen LogP contribution in [0.3, 0.4) is 0 Å². The van der Waals surface area contributed by atoms with Gasteiger partial charge in [-0.1, -0.05) is 11.6 Å². The van der Waals surface area contributed by atoms with Gasteiger partial charge in [0.2, 0.25) is 5.88 Å². The lowest BCUT2D eigenvalue weighted by Crippen LogP contribution is -2.27. The molecule has 2 aromatic rings. The summed E-state index contributed by atoms with van der Waals surface area (Å²) in [5.41, 5.74) is 1.42. The molecule has 6 nitrogen and oxygen atoms in total. The highest BCUT2D eigenvalue weighted by molar-refractivity contribution is 6.33. The summed E-state index contributed by atoms with van der Waals surface area (Å²) in [6, 6.07) is 5.95. The Hall–Kier alpha value is -2.38. The van der Waals surface area contributed by atoms with Gasteiger partial charge in [-0.15, -0.1) is 0 Å². The van der Waals surface area contributed by atoms with Gasteiger partial charge < -0.3 is 19.5 Å². The van der Waals surface area contributed by atoms with E-state index in [9.17, 15) is 9.18 Å². The molecule has 1 aliphatic rings. The molecule has 0 bridgehead atoms. The van der Waals surface area contributed by atoms with Gasteiger partial charge in [-0.05, 0) is 37.1 Å². The number of hydrogen-bond donors (Lipinski definition) is 1. The van der Waals surface area contributed by atoms with Gasteiger partial charge in [-0.3, -0.25) is 4.79 Å². The molecule has 0 atom stereocenters. The molecule has 0 aliphatic carbocycles. The summed E-state index contributed by atoms with van der Waals surface area (Å²) >= 11 is 6.04. The number of hydrogen-bond acceptors (Lipinski definition) is 5. The second-order valence-electron chi connectivity index (χ2n) is 5.58. The molecule has 0 spiro atoms. The van der Waals surface area contributed by atoms with Crippen LogP contribution in [0.1, 0.15) is 28.5 Å². The number of nitrogens with one attached hydrogen (secondary N) is 1. The average molecular weight is 381 g/mol.